The zero-order valence-electron chi connectivity index (χ0n) is 11.9. The fraction of sp³-hybridized carbons (Fsp3) is 0.600. The Morgan fingerprint density at radius 1 is 1.35 bits per heavy atom. The molecule has 4 nitrogen and oxygen atoms in total. The van der Waals surface area contributed by atoms with E-state index in [0.29, 0.717) is 25.7 Å². The van der Waals surface area contributed by atoms with Crippen LogP contribution in [0.5, 0.6) is 5.75 Å². The van der Waals surface area contributed by atoms with Crippen molar-refractivity contribution in [1.82, 2.24) is 5.32 Å². The molecular formula is C15H22FNO3. The third kappa shape index (κ3) is 5.45. The molecule has 0 spiro atoms. The highest BCUT2D eigenvalue weighted by Gasteiger charge is 2.21. The summed E-state index contributed by atoms with van der Waals surface area (Å²) in [7, 11) is 1.65. The molecule has 0 heterocycles. The third-order valence-electron chi connectivity index (χ3n) is 3.16. The maximum absolute atomic E-state index is 13.8. The van der Waals surface area contributed by atoms with Crippen molar-refractivity contribution in [3.05, 3.63) is 29.6 Å². The number of methoxy groups -OCH3 is 1. The van der Waals surface area contributed by atoms with Crippen LogP contribution in [0.4, 0.5) is 4.39 Å². The monoisotopic (exact) mass is 283 g/mol. The van der Waals surface area contributed by atoms with Gasteiger partial charge in [-0.05, 0) is 36.5 Å². The first-order valence-electron chi connectivity index (χ1n) is 6.98. The van der Waals surface area contributed by atoms with Crippen molar-refractivity contribution < 1.29 is 18.6 Å². The highest BCUT2D eigenvalue weighted by molar-refractivity contribution is 5.29. The van der Waals surface area contributed by atoms with E-state index in [9.17, 15) is 4.39 Å². The quantitative estimate of drug-likeness (QED) is 0.528. The van der Waals surface area contributed by atoms with Crippen molar-refractivity contribution in [2.24, 2.45) is 5.92 Å². The molecule has 0 amide bonds. The van der Waals surface area contributed by atoms with Crippen molar-refractivity contribution in [3.63, 3.8) is 0 Å². The van der Waals surface area contributed by atoms with Crippen LogP contribution >= 0.6 is 0 Å². The van der Waals surface area contributed by atoms with Gasteiger partial charge in [-0.15, -0.1) is 0 Å². The van der Waals surface area contributed by atoms with Crippen LogP contribution in [-0.4, -0.2) is 33.7 Å². The van der Waals surface area contributed by atoms with Gasteiger partial charge in [0.05, 0.1) is 13.2 Å². The summed E-state index contributed by atoms with van der Waals surface area (Å²) in [6, 6.07) is 4.97. The van der Waals surface area contributed by atoms with E-state index in [1.54, 1.807) is 13.2 Å². The molecule has 1 N–H and O–H groups in total. The second kappa shape index (κ2) is 8.19. The molecule has 1 aromatic rings. The normalized spacial score (nSPS) is 14.5. The van der Waals surface area contributed by atoms with E-state index in [-0.39, 0.29) is 18.4 Å². The summed E-state index contributed by atoms with van der Waals surface area (Å²) >= 11 is 0. The predicted molar refractivity (Wildman–Crippen MR) is 74.2 cm³/mol. The zero-order valence-corrected chi connectivity index (χ0v) is 11.9. The molecule has 0 radical (unpaired) electrons. The van der Waals surface area contributed by atoms with Crippen LogP contribution in [0.15, 0.2) is 18.2 Å². The van der Waals surface area contributed by atoms with E-state index in [4.69, 9.17) is 14.2 Å². The molecule has 1 aromatic carbocycles. The third-order valence-corrected chi connectivity index (χ3v) is 3.16. The van der Waals surface area contributed by atoms with E-state index in [2.05, 4.69) is 5.32 Å². The molecule has 5 heteroatoms. The van der Waals surface area contributed by atoms with Gasteiger partial charge in [0, 0.05) is 20.2 Å². The molecule has 0 bridgehead atoms. The molecule has 2 rings (SSSR count). The van der Waals surface area contributed by atoms with Gasteiger partial charge in [-0.1, -0.05) is 6.07 Å². The van der Waals surface area contributed by atoms with E-state index >= 15 is 0 Å². The molecule has 1 saturated carbocycles. The molecule has 1 aliphatic rings. The van der Waals surface area contributed by atoms with Crippen molar-refractivity contribution in [1.29, 1.82) is 0 Å². The number of hydrogen-bond donors (Lipinski definition) is 1. The topological polar surface area (TPSA) is 39.7 Å². The lowest BCUT2D eigenvalue weighted by Crippen LogP contribution is -2.18. The van der Waals surface area contributed by atoms with Crippen LogP contribution < -0.4 is 10.1 Å². The van der Waals surface area contributed by atoms with Crippen LogP contribution in [-0.2, 0) is 16.0 Å². The first kappa shape index (κ1) is 15.2. The largest absolute Gasteiger partial charge is 0.464 e. The number of hydrogen-bond acceptors (Lipinski definition) is 4. The van der Waals surface area contributed by atoms with E-state index < -0.39 is 0 Å². The SMILES string of the molecule is COCCNCc1ccc(OCOCC2CC2)c(F)c1. The van der Waals surface area contributed by atoms with Crippen LogP contribution in [0.25, 0.3) is 0 Å². The van der Waals surface area contributed by atoms with Gasteiger partial charge in [0.2, 0.25) is 0 Å². The molecule has 112 valence electrons. The molecule has 0 aromatic heterocycles. The Labute approximate surface area is 119 Å². The fourth-order valence-corrected chi connectivity index (χ4v) is 1.78. The molecule has 20 heavy (non-hydrogen) atoms. The van der Waals surface area contributed by atoms with Gasteiger partial charge in [-0.25, -0.2) is 4.39 Å². The Bertz CT molecular complexity index is 410. The molecule has 0 atom stereocenters. The number of halogens is 1. The Morgan fingerprint density at radius 3 is 2.90 bits per heavy atom. The summed E-state index contributed by atoms with van der Waals surface area (Å²) in [4.78, 5) is 0. The lowest BCUT2D eigenvalue weighted by molar-refractivity contribution is 0.00791. The van der Waals surface area contributed by atoms with Crippen LogP contribution in [0.3, 0.4) is 0 Å². The Balaban J connectivity index is 1.70. The Hall–Kier alpha value is -1.17. The standard InChI is InChI=1S/C15H22FNO3/c1-18-7-6-17-9-13-4-5-15(14(16)8-13)20-11-19-10-12-2-3-12/h4-5,8,12,17H,2-3,6-7,9-11H2,1H3. The first-order valence-corrected chi connectivity index (χ1v) is 6.98. The van der Waals surface area contributed by atoms with Gasteiger partial charge in [0.15, 0.2) is 18.4 Å². The average molecular weight is 283 g/mol. The summed E-state index contributed by atoms with van der Waals surface area (Å²) < 4.78 is 29.3. The van der Waals surface area contributed by atoms with E-state index in [1.165, 1.54) is 18.9 Å². The lowest BCUT2D eigenvalue weighted by atomic mass is 10.2. The highest BCUT2D eigenvalue weighted by Crippen LogP contribution is 2.28. The van der Waals surface area contributed by atoms with Crippen molar-refractivity contribution in [2.75, 3.05) is 33.7 Å². The minimum Gasteiger partial charge on any atom is -0.464 e. The summed E-state index contributed by atoms with van der Waals surface area (Å²) in [6.45, 7) is 2.81. The number of nitrogens with one attached hydrogen (secondary N) is 1. The van der Waals surface area contributed by atoms with Crippen molar-refractivity contribution in [2.45, 2.75) is 19.4 Å². The number of ether oxygens (including phenoxy) is 3. The van der Waals surface area contributed by atoms with Gasteiger partial charge >= 0.3 is 0 Å². The molecule has 0 unspecified atom stereocenters. The van der Waals surface area contributed by atoms with Crippen LogP contribution in [0, 0.1) is 11.7 Å². The average Bonchev–Trinajstić information content (AvgIpc) is 3.26. The Morgan fingerprint density at radius 2 is 2.20 bits per heavy atom. The zero-order chi connectivity index (χ0) is 14.2. The smallest absolute Gasteiger partial charge is 0.189 e. The predicted octanol–water partition coefficient (Wildman–Crippen LogP) is 2.32. The first-order chi connectivity index (χ1) is 9.79. The second-order valence-electron chi connectivity index (χ2n) is 5.01. The second-order valence-corrected chi connectivity index (χ2v) is 5.01. The highest BCUT2D eigenvalue weighted by atomic mass is 19.1. The lowest BCUT2D eigenvalue weighted by Gasteiger charge is -2.09. The summed E-state index contributed by atoms with van der Waals surface area (Å²) in [5.41, 5.74) is 0.879. The molecule has 0 aliphatic heterocycles. The summed E-state index contributed by atoms with van der Waals surface area (Å²) in [5, 5.41) is 3.16. The van der Waals surface area contributed by atoms with Gasteiger partial charge in [0.1, 0.15) is 0 Å². The number of benzene rings is 1. The molecule has 0 saturated heterocycles. The summed E-state index contributed by atoms with van der Waals surface area (Å²) in [6.07, 6.45) is 2.47. The minimum atomic E-state index is -0.355. The van der Waals surface area contributed by atoms with Gasteiger partial charge in [-0.3, -0.25) is 0 Å². The fourth-order valence-electron chi connectivity index (χ4n) is 1.78. The molecule has 1 aliphatic carbocycles. The number of rotatable bonds is 10. The van der Waals surface area contributed by atoms with Crippen molar-refractivity contribution in [3.8, 4) is 5.75 Å². The maximum atomic E-state index is 13.8. The Kier molecular flexibility index (Phi) is 6.24. The summed E-state index contributed by atoms with van der Waals surface area (Å²) in [5.74, 6) is 0.566. The molecule has 1 fully saturated rings. The van der Waals surface area contributed by atoms with Crippen LogP contribution in [0.1, 0.15) is 18.4 Å². The van der Waals surface area contributed by atoms with Crippen LogP contribution in [0.2, 0.25) is 0 Å². The van der Waals surface area contributed by atoms with Gasteiger partial charge < -0.3 is 19.5 Å². The minimum absolute atomic E-state index is 0.110. The van der Waals surface area contributed by atoms with Crippen molar-refractivity contribution >= 4 is 0 Å². The van der Waals surface area contributed by atoms with E-state index in [1.807, 2.05) is 6.07 Å². The maximum Gasteiger partial charge on any atom is 0.189 e. The van der Waals surface area contributed by atoms with Gasteiger partial charge in [0.25, 0.3) is 0 Å². The molecular weight excluding hydrogens is 261 g/mol. The van der Waals surface area contributed by atoms with E-state index in [0.717, 1.165) is 12.1 Å². The van der Waals surface area contributed by atoms with Gasteiger partial charge in [-0.2, -0.15) is 0 Å².